The minimum Gasteiger partial charge on any atom is -0.462 e. The van der Waals surface area contributed by atoms with Crippen molar-refractivity contribution in [3.63, 3.8) is 0 Å². The van der Waals surface area contributed by atoms with Gasteiger partial charge in [-0.15, -0.1) is 0 Å². The maximum absolute atomic E-state index is 12.9. The van der Waals surface area contributed by atoms with Gasteiger partial charge in [-0.1, -0.05) is 251 Å². The number of allylic oxidation sites excluding steroid dienone is 22. The molecule has 0 aliphatic rings. The minimum atomic E-state index is -0.804. The van der Waals surface area contributed by atoms with Crippen molar-refractivity contribution in [2.75, 3.05) is 13.2 Å². The van der Waals surface area contributed by atoms with Crippen LogP contribution in [-0.2, 0) is 28.6 Å². The molecule has 0 heterocycles. The Morgan fingerprint density at radius 2 is 0.506 bits per heavy atom. The molecule has 0 aromatic carbocycles. The van der Waals surface area contributed by atoms with E-state index in [1.54, 1.807) is 0 Å². The Morgan fingerprint density at radius 1 is 0.273 bits per heavy atom. The molecule has 0 aliphatic heterocycles. The van der Waals surface area contributed by atoms with Gasteiger partial charge < -0.3 is 14.2 Å². The Labute approximate surface area is 475 Å². The van der Waals surface area contributed by atoms with E-state index >= 15 is 0 Å². The van der Waals surface area contributed by atoms with Crippen molar-refractivity contribution in [2.24, 2.45) is 0 Å². The van der Waals surface area contributed by atoms with Gasteiger partial charge in [0, 0.05) is 19.3 Å². The van der Waals surface area contributed by atoms with Crippen LogP contribution in [0.15, 0.2) is 134 Å². The van der Waals surface area contributed by atoms with E-state index < -0.39 is 6.10 Å². The van der Waals surface area contributed by atoms with Crippen LogP contribution in [-0.4, -0.2) is 37.2 Å². The molecular weight excluding hydrogens is 949 g/mol. The Hall–Kier alpha value is -4.45. The van der Waals surface area contributed by atoms with Gasteiger partial charge in [0.15, 0.2) is 6.10 Å². The molecule has 0 bridgehead atoms. The molecule has 1 atom stereocenters. The Bertz CT molecular complexity index is 1650. The molecule has 0 rings (SSSR count). The monoisotopic (exact) mass is 1060 g/mol. The first-order chi connectivity index (χ1) is 38.0. The summed E-state index contributed by atoms with van der Waals surface area (Å²) < 4.78 is 16.8. The van der Waals surface area contributed by atoms with Gasteiger partial charge in [-0.25, -0.2) is 0 Å². The highest BCUT2D eigenvalue weighted by Gasteiger charge is 2.19. The zero-order valence-electron chi connectivity index (χ0n) is 49.9. The van der Waals surface area contributed by atoms with Crippen molar-refractivity contribution < 1.29 is 28.6 Å². The van der Waals surface area contributed by atoms with Gasteiger partial charge in [0.2, 0.25) is 0 Å². The van der Waals surface area contributed by atoms with Crippen molar-refractivity contribution >= 4 is 17.9 Å². The molecule has 0 radical (unpaired) electrons. The average molecular weight is 1070 g/mol. The topological polar surface area (TPSA) is 78.9 Å². The highest BCUT2D eigenvalue weighted by Crippen LogP contribution is 2.14. The SMILES string of the molecule is CC/C=C\C/C=C\C/C=C\C/C=C\C/C=C\C/C=C\C/C=C\C/C=C\C/C=C\CCCCCC(=O)OCC(COC(=O)CCCCCCC/C=C\CCCCCCC)OC(=O)CCCCCCC/C=C\CCCCCCC. The van der Waals surface area contributed by atoms with Gasteiger partial charge in [-0.2, -0.15) is 0 Å². The lowest BCUT2D eigenvalue weighted by atomic mass is 10.1. The predicted octanol–water partition coefficient (Wildman–Crippen LogP) is 21.8. The molecule has 0 fully saturated rings. The Morgan fingerprint density at radius 3 is 0.818 bits per heavy atom. The molecule has 6 nitrogen and oxygen atoms in total. The number of rotatable bonds is 56. The highest BCUT2D eigenvalue weighted by atomic mass is 16.6. The predicted molar refractivity (Wildman–Crippen MR) is 334 cm³/mol. The first kappa shape index (κ1) is 72.5. The van der Waals surface area contributed by atoms with E-state index in [-0.39, 0.29) is 31.1 Å². The molecule has 0 N–H and O–H groups in total. The summed E-state index contributed by atoms with van der Waals surface area (Å²) in [6.07, 6.45) is 90.2. The summed E-state index contributed by atoms with van der Waals surface area (Å²) in [5.74, 6) is -0.949. The summed E-state index contributed by atoms with van der Waals surface area (Å²) in [5, 5.41) is 0. The van der Waals surface area contributed by atoms with E-state index in [2.05, 4.69) is 154 Å². The van der Waals surface area contributed by atoms with Crippen molar-refractivity contribution in [3.05, 3.63) is 134 Å². The summed E-state index contributed by atoms with van der Waals surface area (Å²) in [7, 11) is 0. The number of unbranched alkanes of at least 4 members (excludes halogenated alkanes) is 23. The largest absolute Gasteiger partial charge is 0.462 e. The van der Waals surface area contributed by atoms with Crippen LogP contribution in [0.3, 0.4) is 0 Å². The van der Waals surface area contributed by atoms with Crippen LogP contribution in [0.1, 0.15) is 278 Å². The number of ether oxygens (including phenoxy) is 3. The van der Waals surface area contributed by atoms with Gasteiger partial charge in [0.05, 0.1) is 0 Å². The first-order valence-corrected chi connectivity index (χ1v) is 31.7. The Kier molecular flexibility index (Phi) is 60.4. The van der Waals surface area contributed by atoms with E-state index in [4.69, 9.17) is 14.2 Å². The molecule has 0 aromatic rings. The van der Waals surface area contributed by atoms with Gasteiger partial charge in [-0.3, -0.25) is 14.4 Å². The van der Waals surface area contributed by atoms with Gasteiger partial charge in [0.1, 0.15) is 13.2 Å². The zero-order valence-corrected chi connectivity index (χ0v) is 49.9. The van der Waals surface area contributed by atoms with Crippen LogP contribution in [0.5, 0.6) is 0 Å². The maximum Gasteiger partial charge on any atom is 0.306 e. The fourth-order valence-corrected chi connectivity index (χ4v) is 8.36. The molecule has 6 heteroatoms. The number of hydrogen-bond acceptors (Lipinski definition) is 6. The third-order valence-corrected chi connectivity index (χ3v) is 13.1. The van der Waals surface area contributed by atoms with Crippen LogP contribution < -0.4 is 0 Å². The summed E-state index contributed by atoms with van der Waals surface area (Å²) in [5.41, 5.74) is 0. The summed E-state index contributed by atoms with van der Waals surface area (Å²) in [6.45, 7) is 6.47. The number of carbonyl (C=O) groups is 3. The molecular formula is C71H116O6. The van der Waals surface area contributed by atoms with Gasteiger partial charge in [-0.05, 0) is 141 Å². The fourth-order valence-electron chi connectivity index (χ4n) is 8.36. The van der Waals surface area contributed by atoms with Gasteiger partial charge >= 0.3 is 17.9 Å². The van der Waals surface area contributed by atoms with Crippen molar-refractivity contribution in [3.8, 4) is 0 Å². The highest BCUT2D eigenvalue weighted by molar-refractivity contribution is 5.71. The molecule has 0 aliphatic carbocycles. The molecule has 0 spiro atoms. The van der Waals surface area contributed by atoms with Crippen LogP contribution in [0, 0.1) is 0 Å². The molecule has 77 heavy (non-hydrogen) atoms. The van der Waals surface area contributed by atoms with E-state index in [1.807, 2.05) is 0 Å². The van der Waals surface area contributed by atoms with Crippen molar-refractivity contribution in [2.45, 2.75) is 284 Å². The van der Waals surface area contributed by atoms with E-state index in [9.17, 15) is 14.4 Å². The third-order valence-electron chi connectivity index (χ3n) is 13.1. The van der Waals surface area contributed by atoms with E-state index in [1.165, 1.54) is 89.9 Å². The number of carbonyl (C=O) groups excluding carboxylic acids is 3. The second-order valence-corrected chi connectivity index (χ2v) is 20.6. The van der Waals surface area contributed by atoms with Crippen LogP contribution in [0.2, 0.25) is 0 Å². The molecule has 0 amide bonds. The van der Waals surface area contributed by atoms with Crippen molar-refractivity contribution in [1.29, 1.82) is 0 Å². The third kappa shape index (κ3) is 62.3. The normalized spacial score (nSPS) is 13.0. The number of hydrogen-bond donors (Lipinski definition) is 0. The summed E-state index contributed by atoms with van der Waals surface area (Å²) >= 11 is 0. The average Bonchev–Trinajstić information content (AvgIpc) is 3.43. The van der Waals surface area contributed by atoms with Crippen LogP contribution in [0.4, 0.5) is 0 Å². The molecule has 0 aromatic heterocycles. The lowest BCUT2D eigenvalue weighted by Gasteiger charge is -2.18. The summed E-state index contributed by atoms with van der Waals surface area (Å²) in [6, 6.07) is 0. The molecule has 1 unspecified atom stereocenters. The minimum absolute atomic E-state index is 0.0989. The summed E-state index contributed by atoms with van der Waals surface area (Å²) in [4.78, 5) is 38.2. The lowest BCUT2D eigenvalue weighted by molar-refractivity contribution is -0.167. The molecule has 436 valence electrons. The quantitative estimate of drug-likeness (QED) is 0.0261. The zero-order chi connectivity index (χ0) is 55.7. The maximum atomic E-state index is 12.9. The fraction of sp³-hybridized carbons (Fsp3) is 0.648. The van der Waals surface area contributed by atoms with Crippen LogP contribution >= 0.6 is 0 Å². The van der Waals surface area contributed by atoms with Gasteiger partial charge in [0.25, 0.3) is 0 Å². The second-order valence-electron chi connectivity index (χ2n) is 20.6. The molecule has 0 saturated carbocycles. The molecule has 0 saturated heterocycles. The Balaban J connectivity index is 4.38. The van der Waals surface area contributed by atoms with Crippen LogP contribution in [0.25, 0.3) is 0 Å². The lowest BCUT2D eigenvalue weighted by Crippen LogP contribution is -2.30. The second kappa shape index (κ2) is 64.1. The first-order valence-electron chi connectivity index (χ1n) is 31.7. The van der Waals surface area contributed by atoms with E-state index in [0.29, 0.717) is 19.3 Å². The van der Waals surface area contributed by atoms with Crippen molar-refractivity contribution in [1.82, 2.24) is 0 Å². The standard InChI is InChI=1S/C71H116O6/c1-4-7-10-13-16-19-22-25-28-29-30-31-32-33-34-35-36-37-38-39-40-41-42-43-44-47-49-52-55-58-61-64-70(73)76-67-68(77-71(74)65-62-59-56-53-50-46-27-24-21-18-15-12-9-6-3)66-75-69(72)63-60-57-54-51-48-45-26-23-20-17-14-11-8-5-2/h7,10,16,19,23-28,30-31,33-34,36-37,39-40,42-43,47,49,68H,4-6,8-9,11-15,17-18,20-22,29,32,35,38,41,44-46,48,50-67H2,1-3H3/b10-7-,19-16-,26-23-,27-24-,28-25-,31-30-,34-33-,37-36-,40-39-,43-42-,49-47-. The number of esters is 3. The van der Waals surface area contributed by atoms with E-state index in [0.717, 1.165) is 148 Å². The smallest absolute Gasteiger partial charge is 0.306 e.